The van der Waals surface area contributed by atoms with Crippen LogP contribution in [-0.4, -0.2) is 30.1 Å². The topological polar surface area (TPSA) is 48.5 Å². The number of benzene rings is 1. The third-order valence-electron chi connectivity index (χ3n) is 3.87. The second-order valence-corrected chi connectivity index (χ2v) is 6.66. The van der Waals surface area contributed by atoms with E-state index in [0.717, 1.165) is 29.5 Å². The number of para-hydroxylation sites is 2. The third-order valence-corrected chi connectivity index (χ3v) is 4.83. The zero-order valence-corrected chi connectivity index (χ0v) is 14.4. The van der Waals surface area contributed by atoms with E-state index in [2.05, 4.69) is 45.8 Å². The molecule has 0 aliphatic rings. The number of aromatic nitrogens is 5. The van der Waals surface area contributed by atoms with E-state index in [1.807, 2.05) is 4.68 Å². The Balaban J connectivity index is 1.69. The molecule has 0 bridgehead atoms. The van der Waals surface area contributed by atoms with Gasteiger partial charge in [-0.05, 0) is 18.6 Å². The van der Waals surface area contributed by atoms with Crippen LogP contribution < -0.4 is 0 Å². The zero-order valence-electron chi connectivity index (χ0n) is 13.6. The number of nitrogens with zero attached hydrogens (tertiary/aromatic N) is 5. The number of aryl methyl sites for hydroxylation is 2. The fourth-order valence-corrected chi connectivity index (χ4v) is 3.62. The van der Waals surface area contributed by atoms with E-state index in [1.165, 1.54) is 31.2 Å². The Kier molecular flexibility index (Phi) is 5.69. The maximum atomic E-state index is 4.81. The van der Waals surface area contributed by atoms with Gasteiger partial charge in [0.25, 0.3) is 0 Å². The van der Waals surface area contributed by atoms with Gasteiger partial charge in [0.05, 0.1) is 17.6 Å². The number of hydrogen-bond donors (Lipinski definition) is 0. The average molecular weight is 329 g/mol. The van der Waals surface area contributed by atoms with Gasteiger partial charge in [0.15, 0.2) is 5.16 Å². The van der Waals surface area contributed by atoms with Crippen molar-refractivity contribution in [2.24, 2.45) is 0 Å². The van der Waals surface area contributed by atoms with Gasteiger partial charge >= 0.3 is 0 Å². The minimum Gasteiger partial charge on any atom is -0.319 e. The summed E-state index contributed by atoms with van der Waals surface area (Å²) < 4.78 is 4.23. The van der Waals surface area contributed by atoms with E-state index in [4.69, 9.17) is 4.98 Å². The number of imidazole rings is 1. The SMILES string of the molecule is CCCCCCn1c(SCCn2cncn2)nc2ccccc21. The summed E-state index contributed by atoms with van der Waals surface area (Å²) in [6.45, 7) is 4.15. The Hall–Kier alpha value is -1.82. The zero-order chi connectivity index (χ0) is 15.9. The monoisotopic (exact) mass is 329 g/mol. The predicted molar refractivity (Wildman–Crippen MR) is 94.6 cm³/mol. The molecule has 0 aliphatic carbocycles. The third kappa shape index (κ3) is 4.13. The minimum atomic E-state index is 0.851. The Morgan fingerprint density at radius 2 is 2.00 bits per heavy atom. The summed E-state index contributed by atoms with van der Waals surface area (Å²) in [6, 6.07) is 8.42. The molecule has 2 heterocycles. The van der Waals surface area contributed by atoms with Crippen LogP contribution in [0.2, 0.25) is 0 Å². The highest BCUT2D eigenvalue weighted by Gasteiger charge is 2.10. The van der Waals surface area contributed by atoms with E-state index in [1.54, 1.807) is 24.4 Å². The molecular weight excluding hydrogens is 306 g/mol. The molecule has 0 unspecified atom stereocenters. The van der Waals surface area contributed by atoms with Gasteiger partial charge in [-0.3, -0.25) is 4.68 Å². The van der Waals surface area contributed by atoms with Crippen LogP contribution in [0.5, 0.6) is 0 Å². The molecule has 0 fully saturated rings. The van der Waals surface area contributed by atoms with E-state index in [0.29, 0.717) is 0 Å². The Morgan fingerprint density at radius 3 is 2.83 bits per heavy atom. The molecular formula is C17H23N5S. The number of unbranched alkanes of at least 4 members (excludes halogenated alkanes) is 3. The van der Waals surface area contributed by atoms with E-state index >= 15 is 0 Å². The lowest BCUT2D eigenvalue weighted by Crippen LogP contribution is -2.04. The fourth-order valence-electron chi connectivity index (χ4n) is 2.66. The molecule has 0 saturated carbocycles. The number of fused-ring (bicyclic) bond motifs is 1. The van der Waals surface area contributed by atoms with Gasteiger partial charge in [-0.25, -0.2) is 9.97 Å². The molecule has 0 spiro atoms. The van der Waals surface area contributed by atoms with Crippen LogP contribution in [0.1, 0.15) is 32.6 Å². The molecule has 6 heteroatoms. The van der Waals surface area contributed by atoms with Gasteiger partial charge in [0.1, 0.15) is 12.7 Å². The van der Waals surface area contributed by atoms with Crippen LogP contribution in [0.3, 0.4) is 0 Å². The first-order valence-corrected chi connectivity index (χ1v) is 9.27. The van der Waals surface area contributed by atoms with Crippen LogP contribution in [0.15, 0.2) is 42.1 Å². The second-order valence-electron chi connectivity index (χ2n) is 5.60. The van der Waals surface area contributed by atoms with Gasteiger partial charge in [-0.2, -0.15) is 5.10 Å². The van der Waals surface area contributed by atoms with Crippen molar-refractivity contribution < 1.29 is 0 Å². The summed E-state index contributed by atoms with van der Waals surface area (Å²) in [4.78, 5) is 8.79. The first-order chi connectivity index (χ1) is 11.4. The Bertz CT molecular complexity index is 720. The summed E-state index contributed by atoms with van der Waals surface area (Å²) >= 11 is 1.80. The van der Waals surface area contributed by atoms with Gasteiger partial charge < -0.3 is 4.57 Å². The molecule has 3 aromatic rings. The van der Waals surface area contributed by atoms with Crippen molar-refractivity contribution in [3.63, 3.8) is 0 Å². The van der Waals surface area contributed by atoms with Crippen LogP contribution in [0.4, 0.5) is 0 Å². The molecule has 0 aliphatic heterocycles. The standard InChI is InChI=1S/C17H23N5S/c1-2-3-4-7-10-22-16-9-6-5-8-15(16)20-17(22)23-12-11-21-14-18-13-19-21/h5-6,8-9,13-14H,2-4,7,10-12H2,1H3. The van der Waals surface area contributed by atoms with Crippen LogP contribution in [-0.2, 0) is 13.1 Å². The number of rotatable bonds is 9. The lowest BCUT2D eigenvalue weighted by Gasteiger charge is -2.08. The summed E-state index contributed by atoms with van der Waals surface area (Å²) in [5.74, 6) is 0.946. The molecule has 3 rings (SSSR count). The van der Waals surface area contributed by atoms with E-state index in [-0.39, 0.29) is 0 Å². The quantitative estimate of drug-likeness (QED) is 0.440. The van der Waals surface area contributed by atoms with Crippen LogP contribution >= 0.6 is 11.8 Å². The van der Waals surface area contributed by atoms with Crippen molar-refractivity contribution in [1.29, 1.82) is 0 Å². The summed E-state index contributed by atoms with van der Waals surface area (Å²) in [7, 11) is 0. The molecule has 122 valence electrons. The maximum absolute atomic E-state index is 4.81. The highest BCUT2D eigenvalue weighted by atomic mass is 32.2. The maximum Gasteiger partial charge on any atom is 0.169 e. The Morgan fingerprint density at radius 1 is 1.09 bits per heavy atom. The van der Waals surface area contributed by atoms with Crippen molar-refractivity contribution in [3.8, 4) is 0 Å². The first kappa shape index (κ1) is 16.1. The molecule has 0 atom stereocenters. The normalized spacial score (nSPS) is 11.3. The van der Waals surface area contributed by atoms with Crippen molar-refractivity contribution in [2.45, 2.75) is 50.9 Å². The van der Waals surface area contributed by atoms with Gasteiger partial charge in [0.2, 0.25) is 0 Å². The number of thioether (sulfide) groups is 1. The van der Waals surface area contributed by atoms with Crippen molar-refractivity contribution in [2.75, 3.05) is 5.75 Å². The molecule has 0 amide bonds. The molecule has 0 saturated heterocycles. The highest BCUT2D eigenvalue weighted by Crippen LogP contribution is 2.25. The lowest BCUT2D eigenvalue weighted by molar-refractivity contribution is 0.563. The van der Waals surface area contributed by atoms with Crippen LogP contribution in [0, 0.1) is 0 Å². The molecule has 0 N–H and O–H groups in total. The molecule has 1 aromatic carbocycles. The first-order valence-electron chi connectivity index (χ1n) is 8.29. The van der Waals surface area contributed by atoms with Crippen molar-refractivity contribution >= 4 is 22.8 Å². The smallest absolute Gasteiger partial charge is 0.169 e. The number of hydrogen-bond acceptors (Lipinski definition) is 4. The summed E-state index contributed by atoms with van der Waals surface area (Å²) in [5, 5.41) is 5.26. The van der Waals surface area contributed by atoms with E-state index < -0.39 is 0 Å². The van der Waals surface area contributed by atoms with Crippen molar-refractivity contribution in [1.82, 2.24) is 24.3 Å². The van der Waals surface area contributed by atoms with Gasteiger partial charge in [-0.15, -0.1) is 0 Å². The fraction of sp³-hybridized carbons (Fsp3) is 0.471. The van der Waals surface area contributed by atoms with Gasteiger partial charge in [0, 0.05) is 12.3 Å². The van der Waals surface area contributed by atoms with E-state index in [9.17, 15) is 0 Å². The van der Waals surface area contributed by atoms with Crippen LogP contribution in [0.25, 0.3) is 11.0 Å². The molecule has 5 nitrogen and oxygen atoms in total. The second kappa shape index (κ2) is 8.15. The Labute approximate surface area is 141 Å². The average Bonchev–Trinajstić information content (AvgIpc) is 3.20. The predicted octanol–water partition coefficient (Wildman–Crippen LogP) is 4.00. The lowest BCUT2D eigenvalue weighted by atomic mass is 10.2. The highest BCUT2D eigenvalue weighted by molar-refractivity contribution is 7.99. The molecule has 0 radical (unpaired) electrons. The molecule has 23 heavy (non-hydrogen) atoms. The van der Waals surface area contributed by atoms with Crippen molar-refractivity contribution in [3.05, 3.63) is 36.9 Å². The van der Waals surface area contributed by atoms with Gasteiger partial charge in [-0.1, -0.05) is 50.1 Å². The molecule has 2 aromatic heterocycles. The largest absolute Gasteiger partial charge is 0.319 e. The minimum absolute atomic E-state index is 0.851. The summed E-state index contributed by atoms with van der Waals surface area (Å²) in [5.41, 5.74) is 2.33. The summed E-state index contributed by atoms with van der Waals surface area (Å²) in [6.07, 6.45) is 8.41.